The second kappa shape index (κ2) is 7.28. The Labute approximate surface area is 124 Å². The van der Waals surface area contributed by atoms with E-state index in [-0.39, 0.29) is 5.97 Å². The van der Waals surface area contributed by atoms with Crippen LogP contribution >= 0.6 is 0 Å². The predicted octanol–water partition coefficient (Wildman–Crippen LogP) is 2.50. The monoisotopic (exact) mass is 285 g/mol. The summed E-state index contributed by atoms with van der Waals surface area (Å²) < 4.78 is 5.05. The number of hydrogen-bond donors (Lipinski definition) is 2. The quantitative estimate of drug-likeness (QED) is 0.630. The molecule has 3 N–H and O–H groups in total. The van der Waals surface area contributed by atoms with Gasteiger partial charge in [-0.25, -0.2) is 4.79 Å². The van der Waals surface area contributed by atoms with Crippen LogP contribution < -0.4 is 11.1 Å². The van der Waals surface area contributed by atoms with Crippen molar-refractivity contribution in [2.45, 2.75) is 13.3 Å². The molecule has 0 fully saturated rings. The summed E-state index contributed by atoms with van der Waals surface area (Å²) in [5.74, 6) is -0.365. The highest BCUT2D eigenvalue weighted by Crippen LogP contribution is 2.20. The van der Waals surface area contributed by atoms with Crippen LogP contribution in [0.4, 0.5) is 11.4 Å². The van der Waals surface area contributed by atoms with E-state index in [0.29, 0.717) is 24.4 Å². The average molecular weight is 285 g/mol. The van der Waals surface area contributed by atoms with Gasteiger partial charge in [0.15, 0.2) is 0 Å². The van der Waals surface area contributed by atoms with Crippen molar-refractivity contribution in [1.82, 2.24) is 4.98 Å². The standard InChI is InChI=1S/C16H19N3O2/c1-2-21-16(20)14-11-13(17)3-4-15(14)19-10-7-12-5-8-18-9-6-12/h3-6,8-9,11,19H,2,7,10,17H2,1H3. The van der Waals surface area contributed by atoms with Crippen LogP contribution in [0, 0.1) is 0 Å². The first-order chi connectivity index (χ1) is 10.2. The molecule has 2 rings (SSSR count). The van der Waals surface area contributed by atoms with E-state index in [9.17, 15) is 4.79 Å². The number of hydrogen-bond acceptors (Lipinski definition) is 5. The van der Waals surface area contributed by atoms with Crippen LogP contribution in [0.15, 0.2) is 42.7 Å². The molecule has 0 unspecified atom stereocenters. The molecule has 0 atom stereocenters. The van der Waals surface area contributed by atoms with Crippen LogP contribution in [0.5, 0.6) is 0 Å². The number of nitrogens with two attached hydrogens (primary N) is 1. The molecule has 0 saturated heterocycles. The Morgan fingerprint density at radius 2 is 2.05 bits per heavy atom. The highest BCUT2D eigenvalue weighted by molar-refractivity contribution is 5.96. The van der Waals surface area contributed by atoms with Gasteiger partial charge in [0.25, 0.3) is 0 Å². The van der Waals surface area contributed by atoms with Crippen LogP contribution in [0.2, 0.25) is 0 Å². The Morgan fingerprint density at radius 1 is 1.29 bits per heavy atom. The summed E-state index contributed by atoms with van der Waals surface area (Å²) in [6.45, 7) is 2.82. The van der Waals surface area contributed by atoms with E-state index in [1.165, 1.54) is 5.56 Å². The molecule has 1 heterocycles. The first-order valence-electron chi connectivity index (χ1n) is 6.90. The minimum absolute atomic E-state index is 0.337. The number of rotatable bonds is 6. The van der Waals surface area contributed by atoms with E-state index >= 15 is 0 Å². The number of ether oxygens (including phenoxy) is 1. The summed E-state index contributed by atoms with van der Waals surface area (Å²) in [6.07, 6.45) is 4.38. The minimum atomic E-state index is -0.365. The van der Waals surface area contributed by atoms with Crippen LogP contribution in [-0.4, -0.2) is 24.1 Å². The zero-order valence-electron chi connectivity index (χ0n) is 12.0. The number of nitrogens with one attached hydrogen (secondary N) is 1. The molecule has 2 aromatic rings. The van der Waals surface area contributed by atoms with E-state index < -0.39 is 0 Å². The Balaban J connectivity index is 2.03. The lowest BCUT2D eigenvalue weighted by molar-refractivity contribution is 0.0527. The summed E-state index contributed by atoms with van der Waals surface area (Å²) in [5, 5.41) is 3.25. The van der Waals surface area contributed by atoms with Crippen molar-refractivity contribution in [2.24, 2.45) is 0 Å². The van der Waals surface area contributed by atoms with Crippen molar-refractivity contribution in [2.75, 3.05) is 24.2 Å². The Bertz CT molecular complexity index is 600. The van der Waals surface area contributed by atoms with Crippen molar-refractivity contribution in [1.29, 1.82) is 0 Å². The Hall–Kier alpha value is -2.56. The third-order valence-corrected chi connectivity index (χ3v) is 3.02. The number of benzene rings is 1. The van der Waals surface area contributed by atoms with E-state index in [1.54, 1.807) is 37.5 Å². The fourth-order valence-corrected chi connectivity index (χ4v) is 1.98. The van der Waals surface area contributed by atoms with Gasteiger partial charge in [-0.15, -0.1) is 0 Å². The molecule has 21 heavy (non-hydrogen) atoms. The molecule has 1 aromatic heterocycles. The first-order valence-corrected chi connectivity index (χ1v) is 6.90. The van der Waals surface area contributed by atoms with Crippen molar-refractivity contribution in [3.63, 3.8) is 0 Å². The molecule has 0 aliphatic heterocycles. The number of nitrogens with zero attached hydrogens (tertiary/aromatic N) is 1. The molecule has 0 amide bonds. The maximum absolute atomic E-state index is 11.9. The summed E-state index contributed by atoms with van der Waals surface area (Å²) in [4.78, 5) is 15.9. The van der Waals surface area contributed by atoms with E-state index in [1.807, 2.05) is 12.1 Å². The average Bonchev–Trinajstić information content (AvgIpc) is 2.50. The number of anilines is 2. The normalized spacial score (nSPS) is 10.1. The van der Waals surface area contributed by atoms with Crippen molar-refractivity contribution < 1.29 is 9.53 Å². The number of carbonyl (C=O) groups is 1. The number of carbonyl (C=O) groups excluding carboxylic acids is 1. The highest BCUT2D eigenvalue weighted by atomic mass is 16.5. The number of nitrogen functional groups attached to an aromatic ring is 1. The maximum atomic E-state index is 11.9. The van der Waals surface area contributed by atoms with Crippen molar-refractivity contribution in [3.05, 3.63) is 53.9 Å². The molecule has 0 spiro atoms. The lowest BCUT2D eigenvalue weighted by Gasteiger charge is -2.12. The molecule has 0 aliphatic rings. The molecule has 0 aliphatic carbocycles. The maximum Gasteiger partial charge on any atom is 0.340 e. The Kier molecular flexibility index (Phi) is 5.15. The molecular weight excluding hydrogens is 266 g/mol. The van der Waals surface area contributed by atoms with Gasteiger partial charge in [-0.1, -0.05) is 0 Å². The zero-order chi connectivity index (χ0) is 15.1. The second-order valence-electron chi connectivity index (χ2n) is 4.56. The van der Waals surface area contributed by atoms with Gasteiger partial charge in [-0.05, 0) is 49.2 Å². The highest BCUT2D eigenvalue weighted by Gasteiger charge is 2.12. The minimum Gasteiger partial charge on any atom is -0.462 e. The number of esters is 1. The van der Waals surface area contributed by atoms with Crippen LogP contribution in [0.3, 0.4) is 0 Å². The van der Waals surface area contributed by atoms with Gasteiger partial charge in [0, 0.05) is 30.3 Å². The number of pyridine rings is 1. The van der Waals surface area contributed by atoms with Gasteiger partial charge < -0.3 is 15.8 Å². The molecule has 110 valence electrons. The SMILES string of the molecule is CCOC(=O)c1cc(N)ccc1NCCc1ccncc1. The number of aromatic nitrogens is 1. The van der Waals surface area contributed by atoms with Crippen molar-refractivity contribution in [3.8, 4) is 0 Å². The largest absolute Gasteiger partial charge is 0.462 e. The van der Waals surface area contributed by atoms with Gasteiger partial charge in [0.2, 0.25) is 0 Å². The summed E-state index contributed by atoms with van der Waals surface area (Å²) >= 11 is 0. The van der Waals surface area contributed by atoms with E-state index in [0.717, 1.165) is 12.1 Å². The van der Waals surface area contributed by atoms with Gasteiger partial charge >= 0.3 is 5.97 Å². The molecule has 0 radical (unpaired) electrons. The van der Waals surface area contributed by atoms with E-state index in [4.69, 9.17) is 10.5 Å². The second-order valence-corrected chi connectivity index (χ2v) is 4.56. The van der Waals surface area contributed by atoms with Gasteiger partial charge in [-0.2, -0.15) is 0 Å². The van der Waals surface area contributed by atoms with Gasteiger partial charge in [-0.3, -0.25) is 4.98 Å². The third kappa shape index (κ3) is 4.21. The molecular formula is C16H19N3O2. The van der Waals surface area contributed by atoms with Gasteiger partial charge in [0.05, 0.1) is 12.2 Å². The summed E-state index contributed by atoms with van der Waals surface area (Å²) in [7, 11) is 0. The van der Waals surface area contributed by atoms with Gasteiger partial charge in [0.1, 0.15) is 0 Å². The fraction of sp³-hybridized carbons (Fsp3) is 0.250. The van der Waals surface area contributed by atoms with E-state index in [2.05, 4.69) is 10.3 Å². The molecule has 5 nitrogen and oxygen atoms in total. The smallest absolute Gasteiger partial charge is 0.340 e. The Morgan fingerprint density at radius 3 is 2.76 bits per heavy atom. The van der Waals surface area contributed by atoms with Crippen LogP contribution in [0.25, 0.3) is 0 Å². The molecule has 5 heteroatoms. The van der Waals surface area contributed by atoms with Crippen molar-refractivity contribution >= 4 is 17.3 Å². The summed E-state index contributed by atoms with van der Waals surface area (Å²) in [6, 6.07) is 9.13. The van der Waals surface area contributed by atoms with Crippen LogP contribution in [-0.2, 0) is 11.2 Å². The third-order valence-electron chi connectivity index (χ3n) is 3.02. The summed E-state index contributed by atoms with van der Waals surface area (Å²) in [5.41, 5.74) is 8.66. The fourth-order valence-electron chi connectivity index (χ4n) is 1.98. The molecule has 0 bridgehead atoms. The molecule has 0 saturated carbocycles. The lowest BCUT2D eigenvalue weighted by Crippen LogP contribution is -2.12. The topological polar surface area (TPSA) is 77.2 Å². The predicted molar refractivity (Wildman–Crippen MR) is 83.2 cm³/mol. The molecule has 1 aromatic carbocycles. The van der Waals surface area contributed by atoms with Crippen LogP contribution in [0.1, 0.15) is 22.8 Å². The lowest BCUT2D eigenvalue weighted by atomic mass is 10.1. The zero-order valence-corrected chi connectivity index (χ0v) is 12.0. The first kappa shape index (κ1) is 14.8.